The fourth-order valence-electron chi connectivity index (χ4n) is 2.07. The smallest absolute Gasteiger partial charge is 0.323 e. The molecular weight excluding hydrogens is 260 g/mol. The van der Waals surface area contributed by atoms with Gasteiger partial charge < -0.3 is 15.3 Å². The van der Waals surface area contributed by atoms with Crippen LogP contribution in [0.5, 0.6) is 0 Å². The average Bonchev–Trinajstić information content (AvgIpc) is 3.01. The molecule has 0 aromatic heterocycles. The number of hydrogen-bond acceptors (Lipinski definition) is 4. The number of urea groups is 1. The fraction of sp³-hybridized carbons (Fsp3) is 0.800. The van der Waals surface area contributed by atoms with Crippen molar-refractivity contribution >= 4 is 21.8 Å². The molecule has 1 atom stereocenters. The van der Waals surface area contributed by atoms with Gasteiger partial charge >= 0.3 is 12.0 Å². The Balaban J connectivity index is 1.91. The lowest BCUT2D eigenvalue weighted by Gasteiger charge is -2.22. The van der Waals surface area contributed by atoms with Crippen molar-refractivity contribution in [3.63, 3.8) is 0 Å². The number of carboxylic acid groups (broad SMARTS) is 1. The van der Waals surface area contributed by atoms with Gasteiger partial charge in [0.1, 0.15) is 6.54 Å². The van der Waals surface area contributed by atoms with E-state index < -0.39 is 27.9 Å². The summed E-state index contributed by atoms with van der Waals surface area (Å²) in [7, 11) is -3.04. The number of hydrogen-bond donors (Lipinski definition) is 2. The van der Waals surface area contributed by atoms with Gasteiger partial charge in [0, 0.05) is 12.1 Å². The number of nitrogens with one attached hydrogen (secondary N) is 1. The van der Waals surface area contributed by atoms with E-state index in [0.29, 0.717) is 6.42 Å². The van der Waals surface area contributed by atoms with Crippen molar-refractivity contribution in [2.24, 2.45) is 0 Å². The summed E-state index contributed by atoms with van der Waals surface area (Å²) >= 11 is 0. The van der Waals surface area contributed by atoms with Gasteiger partial charge in [-0.25, -0.2) is 13.2 Å². The van der Waals surface area contributed by atoms with E-state index >= 15 is 0 Å². The zero-order valence-corrected chi connectivity index (χ0v) is 10.6. The first-order chi connectivity index (χ1) is 8.37. The number of nitrogens with zero attached hydrogens (tertiary/aromatic N) is 1. The molecule has 0 bridgehead atoms. The molecule has 0 radical (unpaired) electrons. The van der Waals surface area contributed by atoms with Gasteiger partial charge in [-0.05, 0) is 19.3 Å². The van der Waals surface area contributed by atoms with Crippen LogP contribution in [-0.4, -0.2) is 60.6 Å². The van der Waals surface area contributed by atoms with Crippen LogP contribution in [0.1, 0.15) is 19.3 Å². The predicted octanol–water partition coefficient (Wildman–Crippen LogP) is -0.568. The van der Waals surface area contributed by atoms with E-state index in [1.165, 1.54) is 4.90 Å². The molecule has 1 aliphatic heterocycles. The quantitative estimate of drug-likeness (QED) is 0.715. The van der Waals surface area contributed by atoms with Gasteiger partial charge in [0.2, 0.25) is 0 Å². The first kappa shape index (κ1) is 13.1. The minimum absolute atomic E-state index is 0.0147. The molecule has 2 aliphatic rings. The second-order valence-electron chi connectivity index (χ2n) is 4.80. The molecular formula is C10H16N2O5S. The Bertz CT molecular complexity index is 457. The molecule has 2 rings (SSSR count). The highest BCUT2D eigenvalue weighted by atomic mass is 32.2. The van der Waals surface area contributed by atoms with Crippen LogP contribution in [0, 0.1) is 0 Å². The lowest BCUT2D eigenvalue weighted by molar-refractivity contribution is -0.137. The van der Waals surface area contributed by atoms with Crippen molar-refractivity contribution in [3.8, 4) is 0 Å². The van der Waals surface area contributed by atoms with Gasteiger partial charge in [0.05, 0.1) is 11.5 Å². The fourth-order valence-corrected chi connectivity index (χ4v) is 3.74. The van der Waals surface area contributed by atoms with Crippen LogP contribution in [0.25, 0.3) is 0 Å². The van der Waals surface area contributed by atoms with E-state index in [9.17, 15) is 18.0 Å². The van der Waals surface area contributed by atoms with Crippen molar-refractivity contribution < 1.29 is 23.1 Å². The van der Waals surface area contributed by atoms with Crippen LogP contribution < -0.4 is 5.32 Å². The highest BCUT2D eigenvalue weighted by Gasteiger charge is 2.36. The minimum Gasteiger partial charge on any atom is -0.480 e. The molecule has 0 aromatic carbocycles. The maximum absolute atomic E-state index is 11.9. The molecule has 102 valence electrons. The predicted molar refractivity (Wildman–Crippen MR) is 63.0 cm³/mol. The second-order valence-corrected chi connectivity index (χ2v) is 7.03. The van der Waals surface area contributed by atoms with Crippen molar-refractivity contribution in [2.45, 2.75) is 31.3 Å². The van der Waals surface area contributed by atoms with E-state index in [-0.39, 0.29) is 24.1 Å². The van der Waals surface area contributed by atoms with Crippen molar-refractivity contribution in [2.75, 3.05) is 18.1 Å². The topological polar surface area (TPSA) is 104 Å². The number of amides is 2. The highest BCUT2D eigenvalue weighted by molar-refractivity contribution is 7.91. The zero-order valence-electron chi connectivity index (χ0n) is 9.83. The first-order valence-corrected chi connectivity index (χ1v) is 7.69. The van der Waals surface area contributed by atoms with Crippen LogP contribution in [-0.2, 0) is 14.6 Å². The first-order valence-electron chi connectivity index (χ1n) is 5.87. The monoisotopic (exact) mass is 276 g/mol. The molecule has 2 amide bonds. The number of aliphatic carboxylic acids is 1. The Morgan fingerprint density at radius 2 is 1.94 bits per heavy atom. The van der Waals surface area contributed by atoms with Crippen LogP contribution in [0.4, 0.5) is 4.79 Å². The van der Waals surface area contributed by atoms with Crippen LogP contribution in [0.15, 0.2) is 0 Å². The Hall–Kier alpha value is -1.31. The Kier molecular flexibility index (Phi) is 3.47. The lowest BCUT2D eigenvalue weighted by atomic mass is 10.3. The zero-order chi connectivity index (χ0) is 13.3. The molecule has 0 spiro atoms. The summed E-state index contributed by atoms with van der Waals surface area (Å²) in [6.07, 6.45) is 2.02. The maximum atomic E-state index is 11.9. The largest absolute Gasteiger partial charge is 0.480 e. The van der Waals surface area contributed by atoms with Gasteiger partial charge in [-0.1, -0.05) is 0 Å². The summed E-state index contributed by atoms with van der Waals surface area (Å²) < 4.78 is 22.5. The second kappa shape index (κ2) is 4.75. The van der Waals surface area contributed by atoms with Crippen molar-refractivity contribution in [1.29, 1.82) is 0 Å². The van der Waals surface area contributed by atoms with Crippen molar-refractivity contribution in [3.05, 3.63) is 0 Å². The molecule has 1 saturated heterocycles. The molecule has 1 aliphatic carbocycles. The average molecular weight is 276 g/mol. The summed E-state index contributed by atoms with van der Waals surface area (Å²) in [4.78, 5) is 23.8. The number of rotatable bonds is 4. The number of carbonyl (C=O) groups excluding carboxylic acids is 1. The van der Waals surface area contributed by atoms with Gasteiger partial charge in [-0.15, -0.1) is 0 Å². The summed E-state index contributed by atoms with van der Waals surface area (Å²) in [5, 5.41) is 11.3. The van der Waals surface area contributed by atoms with Gasteiger partial charge in [0.15, 0.2) is 9.84 Å². The van der Waals surface area contributed by atoms with Crippen molar-refractivity contribution in [1.82, 2.24) is 10.2 Å². The molecule has 1 unspecified atom stereocenters. The minimum atomic E-state index is -3.04. The summed E-state index contributed by atoms with van der Waals surface area (Å²) in [5.74, 6) is -1.03. The van der Waals surface area contributed by atoms with E-state index in [0.717, 1.165) is 12.8 Å². The number of carbonyl (C=O) groups is 2. The Morgan fingerprint density at radius 1 is 1.28 bits per heavy atom. The Labute approximate surface area is 105 Å². The molecule has 2 fully saturated rings. The normalized spacial score (nSPS) is 25.7. The Morgan fingerprint density at radius 3 is 2.39 bits per heavy atom. The van der Waals surface area contributed by atoms with Crippen LogP contribution >= 0.6 is 0 Å². The van der Waals surface area contributed by atoms with Gasteiger partial charge in [0.25, 0.3) is 0 Å². The van der Waals surface area contributed by atoms with Crippen LogP contribution in [0.2, 0.25) is 0 Å². The molecule has 1 saturated carbocycles. The summed E-state index contributed by atoms with van der Waals surface area (Å²) in [5.41, 5.74) is 0. The van der Waals surface area contributed by atoms with E-state index in [2.05, 4.69) is 5.32 Å². The molecule has 2 N–H and O–H groups in total. The number of sulfone groups is 1. The van der Waals surface area contributed by atoms with E-state index in [4.69, 9.17) is 5.11 Å². The standard InChI is InChI=1S/C10H16N2O5S/c13-9(14)5-12(8-1-2-8)10(15)11-7-3-4-18(16,17)6-7/h7-8H,1-6H2,(H,11,15)(H,13,14). The summed E-state index contributed by atoms with van der Waals surface area (Å²) in [6.45, 7) is -0.337. The van der Waals surface area contributed by atoms with Gasteiger partial charge in [-0.3, -0.25) is 4.79 Å². The molecule has 18 heavy (non-hydrogen) atoms. The van der Waals surface area contributed by atoms with Gasteiger partial charge in [-0.2, -0.15) is 0 Å². The van der Waals surface area contributed by atoms with E-state index in [1.807, 2.05) is 0 Å². The maximum Gasteiger partial charge on any atom is 0.323 e. The molecule has 0 aromatic rings. The summed E-state index contributed by atoms with van der Waals surface area (Å²) in [6, 6.07) is -0.876. The highest BCUT2D eigenvalue weighted by Crippen LogP contribution is 2.26. The molecule has 7 nitrogen and oxygen atoms in total. The molecule has 1 heterocycles. The third-order valence-electron chi connectivity index (χ3n) is 3.11. The third-order valence-corrected chi connectivity index (χ3v) is 4.88. The van der Waals surface area contributed by atoms with Crippen LogP contribution in [0.3, 0.4) is 0 Å². The lowest BCUT2D eigenvalue weighted by Crippen LogP contribution is -2.48. The number of carboxylic acids is 1. The molecule has 8 heteroatoms. The third kappa shape index (κ3) is 3.34. The SMILES string of the molecule is O=C(O)CN(C(=O)NC1CCS(=O)(=O)C1)C1CC1. The van der Waals surface area contributed by atoms with E-state index in [1.54, 1.807) is 0 Å².